The minimum atomic E-state index is -2.04. The van der Waals surface area contributed by atoms with E-state index >= 15 is 0 Å². The smallest absolute Gasteiger partial charge is 0.338 e. The van der Waals surface area contributed by atoms with Crippen LogP contribution in [0.5, 0.6) is 5.75 Å². The monoisotopic (exact) mass is 354 g/mol. The van der Waals surface area contributed by atoms with Crippen LogP contribution in [0.15, 0.2) is 24.3 Å². The number of ether oxygens (including phenoxy) is 2. The van der Waals surface area contributed by atoms with Gasteiger partial charge in [-0.1, -0.05) is 31.9 Å². The Bertz CT molecular complexity index is 501. The Morgan fingerprint density at radius 1 is 1.16 bits per heavy atom. The van der Waals surface area contributed by atoms with Gasteiger partial charge in [-0.25, -0.2) is 4.79 Å². The van der Waals surface area contributed by atoms with Crippen molar-refractivity contribution < 1.29 is 29.6 Å². The molecule has 2 unspecified atom stereocenters. The number of rotatable bonds is 13. The Kier molecular flexibility index (Phi) is 9.49. The summed E-state index contributed by atoms with van der Waals surface area (Å²) in [5.41, 5.74) is -0.958. The molecule has 3 N–H and O–H groups in total. The zero-order valence-electron chi connectivity index (χ0n) is 15.1. The van der Waals surface area contributed by atoms with Crippen LogP contribution in [0.4, 0.5) is 0 Å². The largest absolute Gasteiger partial charge is 0.497 e. The van der Waals surface area contributed by atoms with Gasteiger partial charge >= 0.3 is 5.97 Å². The minimum Gasteiger partial charge on any atom is -0.497 e. The Morgan fingerprint density at radius 2 is 1.80 bits per heavy atom. The third-order valence-electron chi connectivity index (χ3n) is 4.33. The third kappa shape index (κ3) is 7.02. The highest BCUT2D eigenvalue weighted by Gasteiger charge is 2.41. The summed E-state index contributed by atoms with van der Waals surface area (Å²) in [7, 11) is 1.63. The average molecular weight is 354 g/mol. The van der Waals surface area contributed by atoms with Crippen LogP contribution in [-0.2, 0) is 16.1 Å². The zero-order chi connectivity index (χ0) is 18.7. The Balaban J connectivity index is 2.14. The molecule has 0 spiro atoms. The number of aliphatic hydroxyl groups is 2. The molecule has 0 heterocycles. The number of benzene rings is 1. The van der Waals surface area contributed by atoms with E-state index < -0.39 is 17.7 Å². The van der Waals surface area contributed by atoms with Crippen LogP contribution in [0.3, 0.4) is 0 Å². The van der Waals surface area contributed by atoms with Crippen LogP contribution >= 0.6 is 0 Å². The second kappa shape index (κ2) is 11.1. The summed E-state index contributed by atoms with van der Waals surface area (Å²) in [5.74, 6) is -0.539. The molecule has 1 rings (SSSR count). The number of aliphatic carboxylic acids is 1. The molecule has 6 heteroatoms. The predicted molar refractivity (Wildman–Crippen MR) is 94.6 cm³/mol. The highest BCUT2D eigenvalue weighted by molar-refractivity contribution is 5.77. The molecule has 25 heavy (non-hydrogen) atoms. The van der Waals surface area contributed by atoms with Crippen LogP contribution < -0.4 is 4.74 Å². The summed E-state index contributed by atoms with van der Waals surface area (Å²) in [6, 6.07) is 7.72. The molecule has 0 aliphatic heterocycles. The van der Waals surface area contributed by atoms with Gasteiger partial charge in [-0.15, -0.1) is 0 Å². The van der Waals surface area contributed by atoms with Gasteiger partial charge in [-0.3, -0.25) is 0 Å². The van der Waals surface area contributed by atoms with E-state index in [4.69, 9.17) is 14.6 Å². The number of methoxy groups -OCH3 is 1. The van der Waals surface area contributed by atoms with Gasteiger partial charge in [0.1, 0.15) is 5.75 Å². The van der Waals surface area contributed by atoms with Gasteiger partial charge < -0.3 is 24.8 Å². The van der Waals surface area contributed by atoms with Gasteiger partial charge in [0.2, 0.25) is 0 Å². The van der Waals surface area contributed by atoms with Crippen molar-refractivity contribution in [3.05, 3.63) is 29.8 Å². The maximum atomic E-state index is 11.2. The molecule has 0 aliphatic rings. The fourth-order valence-electron chi connectivity index (χ4n) is 2.62. The van der Waals surface area contributed by atoms with E-state index in [-0.39, 0.29) is 12.8 Å². The molecule has 142 valence electrons. The van der Waals surface area contributed by atoms with E-state index in [0.717, 1.165) is 30.6 Å². The average Bonchev–Trinajstić information content (AvgIpc) is 2.63. The number of carboxylic acids is 1. The molecule has 0 aliphatic carbocycles. The number of hydrogen-bond acceptors (Lipinski definition) is 5. The predicted octanol–water partition coefficient (Wildman–Crippen LogP) is 2.75. The fourth-order valence-corrected chi connectivity index (χ4v) is 2.62. The van der Waals surface area contributed by atoms with Crippen molar-refractivity contribution in [2.45, 2.75) is 63.8 Å². The van der Waals surface area contributed by atoms with Crippen molar-refractivity contribution in [3.63, 3.8) is 0 Å². The molecule has 0 saturated heterocycles. The van der Waals surface area contributed by atoms with Crippen LogP contribution in [0.1, 0.15) is 51.0 Å². The van der Waals surface area contributed by atoms with Crippen LogP contribution in [0, 0.1) is 0 Å². The molecule has 0 aromatic heterocycles. The van der Waals surface area contributed by atoms with E-state index in [1.807, 2.05) is 24.3 Å². The normalized spacial score (nSPS) is 14.7. The number of aliphatic hydroxyl groups excluding tert-OH is 1. The lowest BCUT2D eigenvalue weighted by molar-refractivity contribution is -0.173. The van der Waals surface area contributed by atoms with E-state index in [0.29, 0.717) is 19.6 Å². The first kappa shape index (κ1) is 21.4. The topological polar surface area (TPSA) is 96.2 Å². The molecular weight excluding hydrogens is 324 g/mol. The number of hydrogen-bond donors (Lipinski definition) is 3. The van der Waals surface area contributed by atoms with Crippen LogP contribution in [0.25, 0.3) is 0 Å². The third-order valence-corrected chi connectivity index (χ3v) is 4.33. The summed E-state index contributed by atoms with van der Waals surface area (Å²) in [6.45, 7) is 2.83. The van der Waals surface area contributed by atoms with Crippen molar-refractivity contribution in [1.82, 2.24) is 0 Å². The summed E-state index contributed by atoms with van der Waals surface area (Å²) in [5, 5.41) is 28.9. The quantitative estimate of drug-likeness (QED) is 0.471. The first-order valence-electron chi connectivity index (χ1n) is 8.78. The molecule has 2 atom stereocenters. The molecule has 1 aromatic carbocycles. The lowest BCUT2D eigenvalue weighted by Crippen LogP contribution is -2.49. The first-order valence-corrected chi connectivity index (χ1v) is 8.78. The SMILES string of the molecule is CCC(O)C(O)(CCCCCCOCc1ccc(OC)cc1)C(=O)O. The van der Waals surface area contributed by atoms with Crippen molar-refractivity contribution in [3.8, 4) is 5.75 Å². The lowest BCUT2D eigenvalue weighted by Gasteiger charge is -2.28. The van der Waals surface area contributed by atoms with Crippen molar-refractivity contribution in [2.75, 3.05) is 13.7 Å². The lowest BCUT2D eigenvalue weighted by atomic mass is 9.89. The zero-order valence-corrected chi connectivity index (χ0v) is 15.1. The second-order valence-corrected chi connectivity index (χ2v) is 6.22. The van der Waals surface area contributed by atoms with Gasteiger partial charge in [-0.2, -0.15) is 0 Å². The van der Waals surface area contributed by atoms with Gasteiger partial charge in [0.25, 0.3) is 0 Å². The van der Waals surface area contributed by atoms with E-state index in [1.165, 1.54) is 0 Å². The summed E-state index contributed by atoms with van der Waals surface area (Å²) >= 11 is 0. The van der Waals surface area contributed by atoms with E-state index in [9.17, 15) is 15.0 Å². The number of unbranched alkanes of at least 4 members (excludes halogenated alkanes) is 3. The summed E-state index contributed by atoms with van der Waals surface area (Å²) < 4.78 is 10.7. The maximum absolute atomic E-state index is 11.2. The van der Waals surface area contributed by atoms with Crippen molar-refractivity contribution >= 4 is 5.97 Å². The van der Waals surface area contributed by atoms with Gasteiger partial charge in [-0.05, 0) is 43.4 Å². The van der Waals surface area contributed by atoms with Gasteiger partial charge in [0, 0.05) is 6.61 Å². The number of carboxylic acid groups (broad SMARTS) is 1. The molecular formula is C19H30O6. The molecule has 6 nitrogen and oxygen atoms in total. The standard InChI is InChI=1S/C19H30O6/c1-3-17(20)19(23,18(21)22)12-6-4-5-7-13-25-14-15-8-10-16(24-2)11-9-15/h8-11,17,20,23H,3-7,12-14H2,1-2H3,(H,21,22). The van der Waals surface area contributed by atoms with E-state index in [1.54, 1.807) is 14.0 Å². The van der Waals surface area contributed by atoms with Crippen LogP contribution in [-0.4, -0.2) is 46.7 Å². The molecule has 0 saturated carbocycles. The highest BCUT2D eigenvalue weighted by atomic mass is 16.5. The molecule has 0 bridgehead atoms. The second-order valence-electron chi connectivity index (χ2n) is 6.22. The highest BCUT2D eigenvalue weighted by Crippen LogP contribution is 2.22. The minimum absolute atomic E-state index is 0.0596. The van der Waals surface area contributed by atoms with Crippen molar-refractivity contribution in [1.29, 1.82) is 0 Å². The Morgan fingerprint density at radius 3 is 2.36 bits per heavy atom. The Hall–Kier alpha value is -1.63. The molecule has 0 radical (unpaired) electrons. The summed E-state index contributed by atoms with van der Waals surface area (Å²) in [6.07, 6.45) is 2.14. The Labute approximate surface area is 149 Å². The van der Waals surface area contributed by atoms with E-state index in [2.05, 4.69) is 0 Å². The first-order chi connectivity index (χ1) is 11.9. The number of carbonyl (C=O) groups is 1. The molecule has 0 fully saturated rings. The molecule has 1 aromatic rings. The van der Waals surface area contributed by atoms with Crippen molar-refractivity contribution in [2.24, 2.45) is 0 Å². The van der Waals surface area contributed by atoms with Gasteiger partial charge in [0.15, 0.2) is 5.60 Å². The van der Waals surface area contributed by atoms with Gasteiger partial charge in [0.05, 0.1) is 19.8 Å². The summed E-state index contributed by atoms with van der Waals surface area (Å²) in [4.78, 5) is 11.2. The molecule has 0 amide bonds. The maximum Gasteiger partial charge on any atom is 0.338 e. The van der Waals surface area contributed by atoms with Crippen LogP contribution in [0.2, 0.25) is 0 Å². The fraction of sp³-hybridized carbons (Fsp3) is 0.632.